The van der Waals surface area contributed by atoms with Crippen molar-refractivity contribution in [2.24, 2.45) is 5.41 Å². The summed E-state index contributed by atoms with van der Waals surface area (Å²) in [6.07, 6.45) is 5.57. The van der Waals surface area contributed by atoms with Crippen molar-refractivity contribution in [1.82, 2.24) is 5.32 Å². The molecule has 1 aromatic rings. The van der Waals surface area contributed by atoms with Crippen LogP contribution in [-0.2, 0) is 6.42 Å². The highest BCUT2D eigenvalue weighted by atomic mass is 35.5. The van der Waals surface area contributed by atoms with Crippen LogP contribution in [0.15, 0.2) is 18.2 Å². The molecule has 0 bridgehead atoms. The molecule has 0 spiro atoms. The SMILES string of the molecule is O=C(NCC1(CCl)CCCC1)c1ccc2c(c1)CCO2. The Hall–Kier alpha value is -1.22. The van der Waals surface area contributed by atoms with Crippen LogP contribution in [0.3, 0.4) is 0 Å². The van der Waals surface area contributed by atoms with E-state index in [9.17, 15) is 4.79 Å². The third kappa shape index (κ3) is 2.64. The van der Waals surface area contributed by atoms with Gasteiger partial charge in [0.25, 0.3) is 5.91 Å². The van der Waals surface area contributed by atoms with Gasteiger partial charge in [0, 0.05) is 29.8 Å². The predicted octanol–water partition coefficient (Wildman–Crippen LogP) is 3.15. The van der Waals surface area contributed by atoms with Gasteiger partial charge in [-0.05, 0) is 36.6 Å². The van der Waals surface area contributed by atoms with Gasteiger partial charge >= 0.3 is 0 Å². The minimum atomic E-state index is -0.00362. The second-order valence-electron chi connectivity index (χ2n) is 5.94. The molecule has 0 unspecified atom stereocenters. The molecule has 4 heteroatoms. The van der Waals surface area contributed by atoms with Gasteiger partial charge in [-0.15, -0.1) is 11.6 Å². The summed E-state index contributed by atoms with van der Waals surface area (Å²) in [4.78, 5) is 12.3. The van der Waals surface area contributed by atoms with Crippen molar-refractivity contribution in [3.05, 3.63) is 29.3 Å². The van der Waals surface area contributed by atoms with E-state index in [1.807, 2.05) is 18.2 Å². The zero-order valence-electron chi connectivity index (χ0n) is 11.6. The van der Waals surface area contributed by atoms with Crippen LogP contribution < -0.4 is 10.1 Å². The first-order valence-electron chi connectivity index (χ1n) is 7.32. The molecule has 20 heavy (non-hydrogen) atoms. The van der Waals surface area contributed by atoms with Crippen LogP contribution in [-0.4, -0.2) is 24.9 Å². The Bertz CT molecular complexity index is 509. The monoisotopic (exact) mass is 293 g/mol. The van der Waals surface area contributed by atoms with Gasteiger partial charge in [-0.25, -0.2) is 0 Å². The topological polar surface area (TPSA) is 38.3 Å². The first-order valence-corrected chi connectivity index (χ1v) is 7.86. The molecule has 1 fully saturated rings. The minimum absolute atomic E-state index is 0.00362. The summed E-state index contributed by atoms with van der Waals surface area (Å²) >= 11 is 6.10. The van der Waals surface area contributed by atoms with Gasteiger partial charge in [0.1, 0.15) is 5.75 Å². The molecule has 3 rings (SSSR count). The van der Waals surface area contributed by atoms with E-state index in [-0.39, 0.29) is 11.3 Å². The maximum absolute atomic E-state index is 12.3. The van der Waals surface area contributed by atoms with Crippen molar-refractivity contribution < 1.29 is 9.53 Å². The average molecular weight is 294 g/mol. The normalized spacial score (nSPS) is 19.4. The number of ether oxygens (including phenoxy) is 1. The quantitative estimate of drug-likeness (QED) is 0.866. The second kappa shape index (κ2) is 5.65. The molecule has 0 atom stereocenters. The number of fused-ring (bicyclic) bond motifs is 1. The van der Waals surface area contributed by atoms with Gasteiger partial charge < -0.3 is 10.1 Å². The highest BCUT2D eigenvalue weighted by Crippen LogP contribution is 2.38. The molecule has 3 nitrogen and oxygen atoms in total. The second-order valence-corrected chi connectivity index (χ2v) is 6.21. The number of nitrogens with one attached hydrogen (secondary N) is 1. The molecule has 1 aliphatic heterocycles. The summed E-state index contributed by atoms with van der Waals surface area (Å²) in [5.41, 5.74) is 1.96. The van der Waals surface area contributed by atoms with Crippen molar-refractivity contribution in [1.29, 1.82) is 0 Å². The van der Waals surface area contributed by atoms with Crippen LogP contribution in [0.1, 0.15) is 41.6 Å². The van der Waals surface area contributed by atoms with Crippen LogP contribution in [0, 0.1) is 5.41 Å². The van der Waals surface area contributed by atoms with E-state index < -0.39 is 0 Å². The molecule has 1 aliphatic carbocycles. The lowest BCUT2D eigenvalue weighted by atomic mass is 9.88. The number of alkyl halides is 1. The van der Waals surface area contributed by atoms with Gasteiger partial charge in [-0.2, -0.15) is 0 Å². The van der Waals surface area contributed by atoms with Gasteiger partial charge in [-0.1, -0.05) is 12.8 Å². The summed E-state index contributed by atoms with van der Waals surface area (Å²) < 4.78 is 5.46. The molecule has 1 aromatic carbocycles. The number of hydrogen-bond donors (Lipinski definition) is 1. The average Bonchev–Trinajstić information content (AvgIpc) is 3.13. The van der Waals surface area contributed by atoms with Crippen LogP contribution in [0.25, 0.3) is 0 Å². The lowest BCUT2D eigenvalue weighted by Crippen LogP contribution is -2.37. The highest BCUT2D eigenvalue weighted by Gasteiger charge is 2.33. The standard InChI is InChI=1S/C16H20ClNO2/c17-10-16(6-1-2-7-16)11-18-15(19)13-3-4-14-12(9-13)5-8-20-14/h3-4,9H,1-2,5-8,10-11H2,(H,18,19). The molecule has 1 heterocycles. The lowest BCUT2D eigenvalue weighted by molar-refractivity contribution is 0.0935. The molecular weight excluding hydrogens is 274 g/mol. The third-order valence-corrected chi connectivity index (χ3v) is 5.09. The Kier molecular flexibility index (Phi) is 3.88. The Balaban J connectivity index is 1.64. The van der Waals surface area contributed by atoms with E-state index in [4.69, 9.17) is 16.3 Å². The van der Waals surface area contributed by atoms with E-state index in [0.717, 1.165) is 42.7 Å². The van der Waals surface area contributed by atoms with Crippen molar-refractivity contribution >= 4 is 17.5 Å². The molecule has 2 aliphatic rings. The summed E-state index contributed by atoms with van der Waals surface area (Å²) in [6.45, 7) is 1.40. The van der Waals surface area contributed by atoms with E-state index in [2.05, 4.69) is 5.32 Å². The number of carbonyl (C=O) groups excluding carboxylic acids is 1. The number of amides is 1. The van der Waals surface area contributed by atoms with Crippen molar-refractivity contribution in [2.45, 2.75) is 32.1 Å². The van der Waals surface area contributed by atoms with Gasteiger partial charge in [0.15, 0.2) is 0 Å². The lowest BCUT2D eigenvalue weighted by Gasteiger charge is -2.26. The summed E-state index contributed by atoms with van der Waals surface area (Å²) in [5.74, 6) is 1.54. The molecular formula is C16H20ClNO2. The molecule has 1 amide bonds. The first-order chi connectivity index (χ1) is 9.72. The summed E-state index contributed by atoms with van der Waals surface area (Å²) in [5, 5.41) is 3.06. The van der Waals surface area contributed by atoms with E-state index in [1.54, 1.807) is 0 Å². The Morgan fingerprint density at radius 3 is 2.90 bits per heavy atom. The number of carbonyl (C=O) groups is 1. The predicted molar refractivity (Wildman–Crippen MR) is 79.6 cm³/mol. The van der Waals surface area contributed by atoms with Crippen molar-refractivity contribution in [2.75, 3.05) is 19.0 Å². The fraction of sp³-hybridized carbons (Fsp3) is 0.562. The molecule has 0 aromatic heterocycles. The molecule has 0 saturated heterocycles. The Labute approximate surface area is 124 Å². The van der Waals surface area contributed by atoms with E-state index >= 15 is 0 Å². The van der Waals surface area contributed by atoms with Crippen LogP contribution in [0.2, 0.25) is 0 Å². The largest absolute Gasteiger partial charge is 0.493 e. The number of rotatable bonds is 4. The van der Waals surface area contributed by atoms with E-state index in [1.165, 1.54) is 12.8 Å². The smallest absolute Gasteiger partial charge is 0.251 e. The van der Waals surface area contributed by atoms with Crippen molar-refractivity contribution in [3.8, 4) is 5.75 Å². The van der Waals surface area contributed by atoms with Crippen LogP contribution >= 0.6 is 11.6 Å². The Morgan fingerprint density at radius 1 is 1.35 bits per heavy atom. The van der Waals surface area contributed by atoms with Gasteiger partial charge in [-0.3, -0.25) is 4.79 Å². The molecule has 108 valence electrons. The number of halogens is 1. The van der Waals surface area contributed by atoms with Gasteiger partial charge in [0.05, 0.1) is 6.61 Å². The fourth-order valence-electron chi connectivity index (χ4n) is 3.18. The number of hydrogen-bond acceptors (Lipinski definition) is 2. The van der Waals surface area contributed by atoms with E-state index in [0.29, 0.717) is 12.4 Å². The van der Waals surface area contributed by atoms with Crippen LogP contribution in [0.5, 0.6) is 5.75 Å². The zero-order chi connectivity index (χ0) is 14.0. The first kappa shape index (κ1) is 13.7. The van der Waals surface area contributed by atoms with Crippen LogP contribution in [0.4, 0.5) is 0 Å². The maximum atomic E-state index is 12.3. The summed E-state index contributed by atoms with van der Waals surface area (Å²) in [7, 11) is 0. The number of benzene rings is 1. The zero-order valence-corrected chi connectivity index (χ0v) is 12.3. The van der Waals surface area contributed by atoms with Crippen molar-refractivity contribution in [3.63, 3.8) is 0 Å². The van der Waals surface area contributed by atoms with Gasteiger partial charge in [0.2, 0.25) is 0 Å². The molecule has 0 radical (unpaired) electrons. The maximum Gasteiger partial charge on any atom is 0.251 e. The minimum Gasteiger partial charge on any atom is -0.493 e. The fourth-order valence-corrected chi connectivity index (χ4v) is 3.54. The third-order valence-electron chi connectivity index (χ3n) is 4.52. The summed E-state index contributed by atoms with van der Waals surface area (Å²) in [6, 6.07) is 5.67. The molecule has 1 N–H and O–H groups in total. The molecule has 1 saturated carbocycles. The Morgan fingerprint density at radius 2 is 2.15 bits per heavy atom. The highest BCUT2D eigenvalue weighted by molar-refractivity contribution is 6.18.